The van der Waals surface area contributed by atoms with Gasteiger partial charge in [-0.15, -0.1) is 24.8 Å². The van der Waals surface area contributed by atoms with E-state index < -0.39 is 0 Å². The van der Waals surface area contributed by atoms with Crippen LogP contribution in [0.2, 0.25) is 0 Å². The van der Waals surface area contributed by atoms with Crippen LogP contribution in [-0.2, 0) is 0 Å². The van der Waals surface area contributed by atoms with Gasteiger partial charge in [0.1, 0.15) is 0 Å². The number of nitrogens with one attached hydrogen (secondary N) is 1. The van der Waals surface area contributed by atoms with Crippen molar-refractivity contribution in [1.82, 2.24) is 14.9 Å². The van der Waals surface area contributed by atoms with Crippen LogP contribution < -0.4 is 11.1 Å². The van der Waals surface area contributed by atoms with E-state index in [-0.39, 0.29) is 24.8 Å². The molecule has 0 amide bonds. The summed E-state index contributed by atoms with van der Waals surface area (Å²) in [5.41, 5.74) is 9.91. The topological polar surface area (TPSA) is 55.9 Å². The van der Waals surface area contributed by atoms with Crippen LogP contribution in [0.1, 0.15) is 61.6 Å². The Balaban J connectivity index is 0.00000144. The highest BCUT2D eigenvalue weighted by Gasteiger charge is 2.41. The third-order valence-electron chi connectivity index (χ3n) is 7.48. The van der Waals surface area contributed by atoms with Gasteiger partial charge in [-0.1, -0.05) is 24.6 Å². The molecule has 4 unspecified atom stereocenters. The standard InChI is InChI=1S/C26H34N4.2ClH/c27-11-3-12-28-15-10-22(20-8-13-29-14-9-20)24-18-30(25-5-2-1-4-23(24)25)26-17-19-6-7-21(26)16-19;;/h1-2,4-5,8-9,13-14,18-19,21-22,26,28H,3,6-7,10-12,15-17,27H2;2*1H. The predicted octanol–water partition coefficient (Wildman–Crippen LogP) is 5.70. The number of benzene rings is 1. The number of rotatable bonds is 9. The normalized spacial score (nSPS) is 22.5. The molecule has 3 aromatic rings. The molecule has 0 aliphatic heterocycles. The first-order valence-corrected chi connectivity index (χ1v) is 11.8. The summed E-state index contributed by atoms with van der Waals surface area (Å²) in [5, 5.41) is 5.01. The maximum atomic E-state index is 5.65. The minimum absolute atomic E-state index is 0. The van der Waals surface area contributed by atoms with Crippen molar-refractivity contribution in [3.05, 3.63) is 66.1 Å². The summed E-state index contributed by atoms with van der Waals surface area (Å²) in [4.78, 5) is 4.26. The second kappa shape index (κ2) is 11.5. The summed E-state index contributed by atoms with van der Waals surface area (Å²) >= 11 is 0. The molecule has 0 radical (unpaired) electrons. The van der Waals surface area contributed by atoms with Crippen molar-refractivity contribution >= 4 is 35.7 Å². The first-order chi connectivity index (χ1) is 14.8. The molecule has 1 aromatic carbocycles. The van der Waals surface area contributed by atoms with Gasteiger partial charge in [0, 0.05) is 41.5 Å². The molecule has 2 heterocycles. The first kappa shape index (κ1) is 25.0. The van der Waals surface area contributed by atoms with Gasteiger partial charge in [-0.05, 0) is 92.9 Å². The fourth-order valence-electron chi connectivity index (χ4n) is 6.03. The van der Waals surface area contributed by atoms with E-state index in [4.69, 9.17) is 5.73 Å². The largest absolute Gasteiger partial charge is 0.344 e. The zero-order chi connectivity index (χ0) is 20.3. The van der Waals surface area contributed by atoms with Crippen LogP contribution in [0.25, 0.3) is 10.9 Å². The minimum atomic E-state index is 0. The smallest absolute Gasteiger partial charge is 0.0486 e. The molecule has 5 rings (SSSR count). The number of hydrogen-bond donors (Lipinski definition) is 2. The van der Waals surface area contributed by atoms with E-state index in [0.29, 0.717) is 12.0 Å². The highest BCUT2D eigenvalue weighted by atomic mass is 35.5. The Morgan fingerprint density at radius 3 is 2.56 bits per heavy atom. The van der Waals surface area contributed by atoms with Gasteiger partial charge in [0.05, 0.1) is 0 Å². The van der Waals surface area contributed by atoms with E-state index in [0.717, 1.165) is 44.3 Å². The Morgan fingerprint density at radius 1 is 1.03 bits per heavy atom. The Kier molecular flexibility index (Phi) is 9.01. The number of aromatic nitrogens is 2. The number of fused-ring (bicyclic) bond motifs is 3. The zero-order valence-corrected chi connectivity index (χ0v) is 20.3. The lowest BCUT2D eigenvalue weighted by Gasteiger charge is -2.24. The fourth-order valence-corrected chi connectivity index (χ4v) is 6.03. The van der Waals surface area contributed by atoms with E-state index in [2.05, 4.69) is 57.5 Å². The van der Waals surface area contributed by atoms with Crippen LogP contribution in [0.4, 0.5) is 0 Å². The summed E-state index contributed by atoms with van der Waals surface area (Å²) in [6.45, 7) is 2.74. The lowest BCUT2D eigenvalue weighted by atomic mass is 9.89. The number of para-hydroxylation sites is 1. The minimum Gasteiger partial charge on any atom is -0.344 e. The summed E-state index contributed by atoms with van der Waals surface area (Å²) in [6.07, 6.45) is 14.1. The molecule has 3 N–H and O–H groups in total. The first-order valence-electron chi connectivity index (χ1n) is 11.8. The quantitative estimate of drug-likeness (QED) is 0.390. The van der Waals surface area contributed by atoms with Gasteiger partial charge in [-0.3, -0.25) is 4.98 Å². The van der Waals surface area contributed by atoms with Gasteiger partial charge in [0.15, 0.2) is 0 Å². The van der Waals surface area contributed by atoms with E-state index in [1.807, 2.05) is 12.4 Å². The van der Waals surface area contributed by atoms with Crippen LogP contribution in [0.15, 0.2) is 55.0 Å². The molecule has 174 valence electrons. The lowest BCUT2D eigenvalue weighted by molar-refractivity contribution is 0.336. The highest BCUT2D eigenvalue weighted by Crippen LogP contribution is 2.52. The third kappa shape index (κ3) is 4.99. The second-order valence-corrected chi connectivity index (χ2v) is 9.27. The molecular weight excluding hydrogens is 439 g/mol. The maximum Gasteiger partial charge on any atom is 0.0486 e. The van der Waals surface area contributed by atoms with Gasteiger partial charge in [-0.25, -0.2) is 0 Å². The van der Waals surface area contributed by atoms with Crippen molar-refractivity contribution in [2.75, 3.05) is 19.6 Å². The average Bonchev–Trinajstić information content (AvgIpc) is 3.51. The number of pyridine rings is 1. The average molecular weight is 476 g/mol. The molecular formula is C26H36Cl2N4. The summed E-state index contributed by atoms with van der Waals surface area (Å²) in [6, 6.07) is 14.1. The van der Waals surface area contributed by atoms with E-state index in [1.54, 1.807) is 0 Å². The lowest BCUT2D eigenvalue weighted by Crippen LogP contribution is -2.21. The van der Waals surface area contributed by atoms with Gasteiger partial charge in [0.2, 0.25) is 0 Å². The van der Waals surface area contributed by atoms with Crippen LogP contribution in [0, 0.1) is 11.8 Å². The van der Waals surface area contributed by atoms with Crippen LogP contribution in [0.3, 0.4) is 0 Å². The Labute approximate surface area is 204 Å². The summed E-state index contributed by atoms with van der Waals surface area (Å²) in [7, 11) is 0. The Hall–Kier alpha value is -1.59. The molecule has 2 aromatic heterocycles. The molecule has 2 aliphatic rings. The molecule has 2 bridgehead atoms. The highest BCUT2D eigenvalue weighted by molar-refractivity contribution is 5.86. The molecule has 0 spiro atoms. The monoisotopic (exact) mass is 474 g/mol. The Morgan fingerprint density at radius 2 is 1.84 bits per heavy atom. The predicted molar refractivity (Wildman–Crippen MR) is 138 cm³/mol. The molecule has 4 atom stereocenters. The molecule has 6 heteroatoms. The van der Waals surface area contributed by atoms with Gasteiger partial charge >= 0.3 is 0 Å². The molecule has 0 saturated heterocycles. The van der Waals surface area contributed by atoms with Gasteiger partial charge < -0.3 is 15.6 Å². The molecule has 4 nitrogen and oxygen atoms in total. The van der Waals surface area contributed by atoms with Crippen molar-refractivity contribution in [3.8, 4) is 0 Å². The number of hydrogen-bond acceptors (Lipinski definition) is 3. The Bertz CT molecular complexity index is 974. The third-order valence-corrected chi connectivity index (χ3v) is 7.48. The SMILES string of the molecule is Cl.Cl.NCCCNCCC(c1ccncc1)c1cn(C2CC3CCC2C3)c2ccccc12. The molecule has 2 aliphatic carbocycles. The molecule has 2 fully saturated rings. The molecule has 32 heavy (non-hydrogen) atoms. The van der Waals surface area contributed by atoms with E-state index in [1.165, 1.54) is 47.7 Å². The summed E-state index contributed by atoms with van der Waals surface area (Å²) in [5.74, 6) is 2.20. The molecule has 2 saturated carbocycles. The van der Waals surface area contributed by atoms with Crippen LogP contribution in [0.5, 0.6) is 0 Å². The second-order valence-electron chi connectivity index (χ2n) is 9.27. The van der Waals surface area contributed by atoms with E-state index >= 15 is 0 Å². The van der Waals surface area contributed by atoms with Gasteiger partial charge in [0.25, 0.3) is 0 Å². The maximum absolute atomic E-state index is 5.65. The number of halogens is 2. The van der Waals surface area contributed by atoms with Crippen LogP contribution >= 0.6 is 24.8 Å². The van der Waals surface area contributed by atoms with Crippen molar-refractivity contribution in [2.45, 2.75) is 50.5 Å². The number of nitrogens with zero attached hydrogens (tertiary/aromatic N) is 2. The van der Waals surface area contributed by atoms with Crippen molar-refractivity contribution in [3.63, 3.8) is 0 Å². The van der Waals surface area contributed by atoms with Gasteiger partial charge in [-0.2, -0.15) is 0 Å². The summed E-state index contributed by atoms with van der Waals surface area (Å²) < 4.78 is 2.64. The van der Waals surface area contributed by atoms with Crippen molar-refractivity contribution < 1.29 is 0 Å². The number of nitrogens with two attached hydrogens (primary N) is 1. The van der Waals surface area contributed by atoms with Crippen molar-refractivity contribution in [1.29, 1.82) is 0 Å². The van der Waals surface area contributed by atoms with Crippen LogP contribution in [-0.4, -0.2) is 29.2 Å². The zero-order valence-electron chi connectivity index (χ0n) is 18.7. The van der Waals surface area contributed by atoms with Crippen molar-refractivity contribution in [2.24, 2.45) is 17.6 Å². The fraction of sp³-hybridized carbons (Fsp3) is 0.500. The van der Waals surface area contributed by atoms with E-state index in [9.17, 15) is 0 Å².